The van der Waals surface area contributed by atoms with Crippen LogP contribution in [0.3, 0.4) is 0 Å². The largest absolute Gasteiger partial charge is 0.368 e. The number of primary amides is 1. The molecule has 0 saturated heterocycles. The van der Waals surface area contributed by atoms with Crippen molar-refractivity contribution in [2.75, 3.05) is 0 Å². The highest BCUT2D eigenvalue weighted by atomic mass is 16.2. The Balaban J connectivity index is 2.95. The smallest absolute Gasteiger partial charge is 0.267 e. The molecular formula is C6H7N3O2. The molecule has 58 valence electrons. The molecule has 0 bridgehead atoms. The van der Waals surface area contributed by atoms with Crippen LogP contribution in [-0.2, 0) is 11.3 Å². The van der Waals surface area contributed by atoms with Gasteiger partial charge in [0.25, 0.3) is 5.56 Å². The Hall–Kier alpha value is -1.65. The lowest BCUT2D eigenvalue weighted by atomic mass is 10.5. The normalized spacial score (nSPS) is 9.45. The van der Waals surface area contributed by atoms with Crippen molar-refractivity contribution >= 4 is 5.91 Å². The van der Waals surface area contributed by atoms with Crippen LogP contribution < -0.4 is 11.3 Å². The molecule has 2 N–H and O–H groups in total. The Morgan fingerprint density at radius 2 is 2.45 bits per heavy atom. The molecular weight excluding hydrogens is 146 g/mol. The fourth-order valence-corrected chi connectivity index (χ4v) is 0.654. The average molecular weight is 153 g/mol. The van der Waals surface area contributed by atoms with Gasteiger partial charge in [-0.15, -0.1) is 0 Å². The average Bonchev–Trinajstić information content (AvgIpc) is 1.93. The molecule has 0 unspecified atom stereocenters. The van der Waals surface area contributed by atoms with Crippen LogP contribution in [0, 0.1) is 0 Å². The van der Waals surface area contributed by atoms with Gasteiger partial charge in [-0.3, -0.25) is 9.59 Å². The number of nitrogens with two attached hydrogens (primary N) is 1. The van der Waals surface area contributed by atoms with Crippen LogP contribution in [0.5, 0.6) is 0 Å². The van der Waals surface area contributed by atoms with Crippen molar-refractivity contribution < 1.29 is 4.79 Å². The molecule has 0 atom stereocenters. The van der Waals surface area contributed by atoms with E-state index in [1.165, 1.54) is 18.3 Å². The lowest BCUT2D eigenvalue weighted by Crippen LogP contribution is -2.28. The van der Waals surface area contributed by atoms with Gasteiger partial charge >= 0.3 is 0 Å². The van der Waals surface area contributed by atoms with Crippen molar-refractivity contribution in [2.24, 2.45) is 5.73 Å². The lowest BCUT2D eigenvalue weighted by Gasteiger charge is -1.97. The van der Waals surface area contributed by atoms with Crippen molar-refractivity contribution in [3.05, 3.63) is 28.7 Å². The summed E-state index contributed by atoms with van der Waals surface area (Å²) in [6, 6.07) is 2.82. The van der Waals surface area contributed by atoms with E-state index in [1.54, 1.807) is 0 Å². The summed E-state index contributed by atoms with van der Waals surface area (Å²) >= 11 is 0. The van der Waals surface area contributed by atoms with E-state index in [1.807, 2.05) is 0 Å². The van der Waals surface area contributed by atoms with Gasteiger partial charge in [0.05, 0.1) is 0 Å². The Bertz CT molecular complexity index is 318. The van der Waals surface area contributed by atoms with Crippen molar-refractivity contribution in [3.63, 3.8) is 0 Å². The zero-order valence-corrected chi connectivity index (χ0v) is 5.73. The fraction of sp³-hybridized carbons (Fsp3) is 0.167. The topological polar surface area (TPSA) is 78.0 Å². The number of rotatable bonds is 2. The molecule has 0 spiro atoms. The summed E-state index contributed by atoms with van der Waals surface area (Å²) in [4.78, 5) is 21.2. The number of hydrogen-bond donors (Lipinski definition) is 1. The number of carbonyl (C=O) groups excluding carboxylic acids is 1. The van der Waals surface area contributed by atoms with Gasteiger partial charge < -0.3 is 5.73 Å². The summed E-state index contributed by atoms with van der Waals surface area (Å²) in [6.07, 6.45) is 1.42. The van der Waals surface area contributed by atoms with Gasteiger partial charge in [-0.25, -0.2) is 4.68 Å². The SMILES string of the molecule is NC(=O)Cn1ncccc1=O. The van der Waals surface area contributed by atoms with Crippen LogP contribution in [0.4, 0.5) is 0 Å². The fourth-order valence-electron chi connectivity index (χ4n) is 0.654. The van der Waals surface area contributed by atoms with Gasteiger partial charge in [-0.1, -0.05) is 0 Å². The first-order chi connectivity index (χ1) is 5.20. The highest BCUT2D eigenvalue weighted by Gasteiger charge is 1.97. The second-order valence-electron chi connectivity index (χ2n) is 1.99. The van der Waals surface area contributed by atoms with Crippen molar-refractivity contribution in [3.8, 4) is 0 Å². The molecule has 5 nitrogen and oxygen atoms in total. The highest BCUT2D eigenvalue weighted by molar-refractivity contribution is 5.73. The number of amides is 1. The van der Waals surface area contributed by atoms with Crippen LogP contribution in [0.2, 0.25) is 0 Å². The first-order valence-electron chi connectivity index (χ1n) is 3.00. The first-order valence-corrected chi connectivity index (χ1v) is 3.00. The maximum absolute atomic E-state index is 10.8. The zero-order valence-electron chi connectivity index (χ0n) is 5.73. The molecule has 0 saturated carbocycles. The van der Waals surface area contributed by atoms with Crippen molar-refractivity contribution in [1.29, 1.82) is 0 Å². The molecule has 0 aliphatic carbocycles. The third kappa shape index (κ3) is 1.89. The first kappa shape index (κ1) is 7.46. The van der Waals surface area contributed by atoms with Gasteiger partial charge in [-0.05, 0) is 6.07 Å². The monoisotopic (exact) mass is 153 g/mol. The molecule has 1 aromatic rings. The second-order valence-corrected chi connectivity index (χ2v) is 1.99. The molecule has 0 radical (unpaired) electrons. The molecule has 0 fully saturated rings. The highest BCUT2D eigenvalue weighted by Crippen LogP contribution is 1.73. The number of carbonyl (C=O) groups is 1. The predicted molar refractivity (Wildman–Crippen MR) is 37.7 cm³/mol. The predicted octanol–water partition coefficient (Wildman–Crippen LogP) is -1.27. The Morgan fingerprint density at radius 3 is 3.00 bits per heavy atom. The summed E-state index contributed by atoms with van der Waals surface area (Å²) in [5.41, 5.74) is 4.53. The number of nitrogens with zero attached hydrogens (tertiary/aromatic N) is 2. The maximum atomic E-state index is 10.8. The van der Waals surface area contributed by atoms with E-state index < -0.39 is 5.91 Å². The zero-order chi connectivity index (χ0) is 8.27. The Labute approximate surface area is 62.4 Å². The van der Waals surface area contributed by atoms with E-state index in [9.17, 15) is 9.59 Å². The summed E-state index contributed by atoms with van der Waals surface area (Å²) in [7, 11) is 0. The van der Waals surface area contributed by atoms with Gasteiger partial charge in [0.2, 0.25) is 5.91 Å². The summed E-state index contributed by atoms with van der Waals surface area (Å²) < 4.78 is 1.00. The van der Waals surface area contributed by atoms with Crippen molar-refractivity contribution in [2.45, 2.75) is 6.54 Å². The standard InChI is InChI=1S/C6H7N3O2/c7-5(10)4-9-6(11)2-1-3-8-9/h1-3H,4H2,(H2,7,10). The Morgan fingerprint density at radius 1 is 1.73 bits per heavy atom. The van der Waals surface area contributed by atoms with Crippen LogP contribution >= 0.6 is 0 Å². The van der Waals surface area contributed by atoms with E-state index in [0.29, 0.717) is 0 Å². The second kappa shape index (κ2) is 2.96. The molecule has 1 heterocycles. The summed E-state index contributed by atoms with van der Waals surface area (Å²) in [6.45, 7) is -0.167. The molecule has 1 aromatic heterocycles. The van der Waals surface area contributed by atoms with E-state index in [2.05, 4.69) is 5.10 Å². The van der Waals surface area contributed by atoms with E-state index in [-0.39, 0.29) is 12.1 Å². The molecule has 5 heteroatoms. The maximum Gasteiger partial charge on any atom is 0.267 e. The van der Waals surface area contributed by atoms with Crippen LogP contribution in [0.15, 0.2) is 23.1 Å². The minimum absolute atomic E-state index is 0.167. The molecule has 1 amide bonds. The molecule has 0 aliphatic rings. The lowest BCUT2D eigenvalue weighted by molar-refractivity contribution is -0.118. The third-order valence-electron chi connectivity index (χ3n) is 1.09. The summed E-state index contributed by atoms with van der Waals surface area (Å²) in [5.74, 6) is -0.578. The van der Waals surface area contributed by atoms with Crippen LogP contribution in [-0.4, -0.2) is 15.7 Å². The van der Waals surface area contributed by atoms with Gasteiger partial charge in [-0.2, -0.15) is 5.10 Å². The van der Waals surface area contributed by atoms with E-state index in [0.717, 1.165) is 4.68 Å². The van der Waals surface area contributed by atoms with Crippen LogP contribution in [0.25, 0.3) is 0 Å². The van der Waals surface area contributed by atoms with Crippen LogP contribution in [0.1, 0.15) is 0 Å². The number of aromatic nitrogens is 2. The molecule has 0 aliphatic heterocycles. The molecule has 0 aromatic carbocycles. The van der Waals surface area contributed by atoms with Gasteiger partial charge in [0.1, 0.15) is 6.54 Å². The third-order valence-corrected chi connectivity index (χ3v) is 1.09. The van der Waals surface area contributed by atoms with E-state index in [4.69, 9.17) is 5.73 Å². The molecule has 11 heavy (non-hydrogen) atoms. The minimum atomic E-state index is -0.578. The van der Waals surface area contributed by atoms with Gasteiger partial charge in [0.15, 0.2) is 0 Å². The number of hydrogen-bond acceptors (Lipinski definition) is 3. The summed E-state index contributed by atoms with van der Waals surface area (Å²) in [5, 5.41) is 3.62. The Kier molecular flexibility index (Phi) is 2.00. The van der Waals surface area contributed by atoms with E-state index >= 15 is 0 Å². The minimum Gasteiger partial charge on any atom is -0.368 e. The quantitative estimate of drug-likeness (QED) is 0.575. The van der Waals surface area contributed by atoms with Gasteiger partial charge in [0, 0.05) is 12.3 Å². The van der Waals surface area contributed by atoms with Crippen molar-refractivity contribution in [1.82, 2.24) is 9.78 Å². The molecule has 1 rings (SSSR count).